The number of fused-ring (bicyclic) bond motifs is 1. The lowest BCUT2D eigenvalue weighted by Crippen LogP contribution is -2.18. The van der Waals surface area contributed by atoms with Gasteiger partial charge in [0.25, 0.3) is 10.0 Å². The van der Waals surface area contributed by atoms with Crippen LogP contribution >= 0.6 is 11.6 Å². The van der Waals surface area contributed by atoms with E-state index in [1.807, 2.05) is 4.72 Å². The zero-order valence-electron chi connectivity index (χ0n) is 15.5. The summed E-state index contributed by atoms with van der Waals surface area (Å²) < 4.78 is 69.9. The molecule has 6 nitrogen and oxygen atoms in total. The minimum absolute atomic E-state index is 0.0143. The highest BCUT2D eigenvalue weighted by molar-refractivity contribution is 7.96. The van der Waals surface area contributed by atoms with E-state index in [4.69, 9.17) is 11.6 Å². The predicted molar refractivity (Wildman–Crippen MR) is 110 cm³/mol. The van der Waals surface area contributed by atoms with E-state index in [9.17, 15) is 22.0 Å². The Morgan fingerprint density at radius 1 is 1.23 bits per heavy atom. The maximum Gasteiger partial charge on any atom is 0.258 e. The van der Waals surface area contributed by atoms with Crippen LogP contribution in [0, 0.1) is 11.6 Å². The molecule has 0 fully saturated rings. The Morgan fingerprint density at radius 2 is 2.00 bits per heavy atom. The fourth-order valence-electron chi connectivity index (χ4n) is 3.20. The Hall–Kier alpha value is -3.11. The lowest BCUT2D eigenvalue weighted by atomic mass is 10.0. The second-order valence-electron chi connectivity index (χ2n) is 6.71. The first-order valence-corrected chi connectivity index (χ1v) is 10.8. The molecule has 31 heavy (non-hydrogen) atoms. The molecule has 2 aromatic heterocycles. The van der Waals surface area contributed by atoms with Crippen LogP contribution in [0.25, 0.3) is 11.0 Å². The van der Waals surface area contributed by atoms with Crippen molar-refractivity contribution < 1.29 is 26.4 Å². The molecule has 0 aliphatic heterocycles. The SMILES string of the molecule is O=C(c1c(F)ccc(NS(=O)(=O)C2=CC(F)=CCC2)c1F)c1c[nH]c2ncc(Cl)cc12. The molecule has 0 unspecified atom stereocenters. The van der Waals surface area contributed by atoms with Gasteiger partial charge in [-0.05, 0) is 43.2 Å². The quantitative estimate of drug-likeness (QED) is 0.517. The van der Waals surface area contributed by atoms with Gasteiger partial charge in [0.05, 0.1) is 21.2 Å². The van der Waals surface area contributed by atoms with Crippen molar-refractivity contribution in [3.63, 3.8) is 0 Å². The molecule has 1 aliphatic rings. The number of ketones is 1. The van der Waals surface area contributed by atoms with Gasteiger partial charge in [-0.25, -0.2) is 26.6 Å². The first-order chi connectivity index (χ1) is 14.7. The van der Waals surface area contributed by atoms with E-state index >= 15 is 4.39 Å². The summed E-state index contributed by atoms with van der Waals surface area (Å²) in [5.41, 5.74) is -1.41. The zero-order chi connectivity index (χ0) is 22.3. The number of halogens is 4. The number of carbonyl (C=O) groups excluding carboxylic acids is 1. The first-order valence-electron chi connectivity index (χ1n) is 8.92. The summed E-state index contributed by atoms with van der Waals surface area (Å²) in [5.74, 6) is -4.34. The fourth-order valence-corrected chi connectivity index (χ4v) is 4.59. The third kappa shape index (κ3) is 3.96. The molecule has 0 bridgehead atoms. The minimum Gasteiger partial charge on any atom is -0.345 e. The average Bonchev–Trinajstić information content (AvgIpc) is 3.13. The fraction of sp³-hybridized carbons (Fsp3) is 0.100. The van der Waals surface area contributed by atoms with Crippen LogP contribution in [0.1, 0.15) is 28.8 Å². The summed E-state index contributed by atoms with van der Waals surface area (Å²) >= 11 is 5.89. The lowest BCUT2D eigenvalue weighted by molar-refractivity contribution is 0.103. The van der Waals surface area contributed by atoms with Crippen LogP contribution in [-0.4, -0.2) is 24.2 Å². The topological polar surface area (TPSA) is 91.9 Å². The number of nitrogens with one attached hydrogen (secondary N) is 2. The van der Waals surface area contributed by atoms with Gasteiger partial charge in [0.2, 0.25) is 5.78 Å². The normalized spacial score (nSPS) is 14.3. The van der Waals surface area contributed by atoms with Crippen molar-refractivity contribution in [1.29, 1.82) is 0 Å². The number of benzene rings is 1. The van der Waals surface area contributed by atoms with Crippen molar-refractivity contribution in [3.8, 4) is 0 Å². The molecule has 1 aliphatic carbocycles. The number of H-pyrrole nitrogens is 1. The van der Waals surface area contributed by atoms with Gasteiger partial charge in [-0.2, -0.15) is 0 Å². The van der Waals surface area contributed by atoms with Crippen LogP contribution < -0.4 is 4.72 Å². The van der Waals surface area contributed by atoms with E-state index in [2.05, 4.69) is 9.97 Å². The Morgan fingerprint density at radius 3 is 2.74 bits per heavy atom. The van der Waals surface area contributed by atoms with Crippen molar-refractivity contribution in [2.24, 2.45) is 0 Å². The van der Waals surface area contributed by atoms with E-state index in [1.165, 1.54) is 24.5 Å². The van der Waals surface area contributed by atoms with Crippen molar-refractivity contribution in [2.75, 3.05) is 4.72 Å². The van der Waals surface area contributed by atoms with E-state index < -0.39 is 44.5 Å². The molecule has 0 saturated heterocycles. The number of allylic oxidation sites excluding steroid dienone is 4. The van der Waals surface area contributed by atoms with E-state index in [0.717, 1.165) is 18.2 Å². The van der Waals surface area contributed by atoms with Crippen LogP contribution in [0.15, 0.2) is 53.5 Å². The number of nitrogens with zero attached hydrogens (tertiary/aromatic N) is 1. The number of pyridine rings is 1. The first kappa shape index (κ1) is 21.1. The number of rotatable bonds is 5. The van der Waals surface area contributed by atoms with E-state index in [-0.39, 0.29) is 39.4 Å². The number of hydrogen-bond acceptors (Lipinski definition) is 4. The van der Waals surface area contributed by atoms with Crippen LogP contribution in [0.3, 0.4) is 0 Å². The number of anilines is 1. The van der Waals surface area contributed by atoms with Gasteiger partial charge in [0.1, 0.15) is 17.3 Å². The molecular formula is C20H13ClF3N3O3S. The lowest BCUT2D eigenvalue weighted by Gasteiger charge is -2.15. The second kappa shape index (κ2) is 7.86. The Kier molecular flexibility index (Phi) is 5.36. The van der Waals surface area contributed by atoms with Crippen molar-refractivity contribution in [3.05, 3.63) is 81.3 Å². The second-order valence-corrected chi connectivity index (χ2v) is 8.88. The van der Waals surface area contributed by atoms with Gasteiger partial charge in [0.15, 0.2) is 5.82 Å². The van der Waals surface area contributed by atoms with Gasteiger partial charge in [-0.15, -0.1) is 0 Å². The largest absolute Gasteiger partial charge is 0.345 e. The van der Waals surface area contributed by atoms with Crippen LogP contribution in [0.4, 0.5) is 18.9 Å². The summed E-state index contributed by atoms with van der Waals surface area (Å²) in [5, 5.41) is 0.461. The van der Waals surface area contributed by atoms with Gasteiger partial charge < -0.3 is 4.98 Å². The van der Waals surface area contributed by atoms with Gasteiger partial charge in [0, 0.05) is 23.3 Å². The maximum atomic E-state index is 15.1. The Bertz CT molecular complexity index is 1400. The minimum atomic E-state index is -4.32. The van der Waals surface area contributed by atoms with Gasteiger partial charge >= 0.3 is 0 Å². The highest BCUT2D eigenvalue weighted by atomic mass is 35.5. The molecule has 0 radical (unpaired) electrons. The third-order valence-electron chi connectivity index (χ3n) is 4.68. The molecule has 3 aromatic rings. The summed E-state index contributed by atoms with van der Waals surface area (Å²) in [6.45, 7) is 0. The number of hydrogen-bond donors (Lipinski definition) is 2. The van der Waals surface area contributed by atoms with Crippen molar-refractivity contribution in [2.45, 2.75) is 12.8 Å². The molecule has 2 heterocycles. The van der Waals surface area contributed by atoms with Gasteiger partial charge in [-0.3, -0.25) is 9.52 Å². The molecule has 160 valence electrons. The van der Waals surface area contributed by atoms with Gasteiger partial charge in [-0.1, -0.05) is 11.6 Å². The summed E-state index contributed by atoms with van der Waals surface area (Å²) in [6.07, 6.45) is 4.78. The molecule has 0 atom stereocenters. The van der Waals surface area contributed by atoms with Crippen LogP contribution in [-0.2, 0) is 10.0 Å². The van der Waals surface area contributed by atoms with Crippen molar-refractivity contribution in [1.82, 2.24) is 9.97 Å². The maximum absolute atomic E-state index is 15.1. The molecule has 11 heteroatoms. The van der Waals surface area contributed by atoms with E-state index in [0.29, 0.717) is 0 Å². The summed E-state index contributed by atoms with van der Waals surface area (Å²) in [4.78, 5) is 19.3. The molecule has 2 N–H and O–H groups in total. The summed E-state index contributed by atoms with van der Waals surface area (Å²) in [6, 6.07) is 3.03. The zero-order valence-corrected chi connectivity index (χ0v) is 17.1. The van der Waals surface area contributed by atoms with Crippen molar-refractivity contribution >= 4 is 44.1 Å². The highest BCUT2D eigenvalue weighted by Gasteiger charge is 2.27. The average molecular weight is 468 g/mol. The third-order valence-corrected chi connectivity index (χ3v) is 6.39. The number of sulfonamides is 1. The molecule has 0 spiro atoms. The number of aromatic amines is 1. The standard InChI is InChI=1S/C20H13ClF3N3O3S/c21-10-6-13-14(9-26-20(13)25-8-10)19(28)17-15(23)4-5-16(18(17)24)27-31(29,30)12-3-1-2-11(22)7-12/h2,4-9,27H,1,3H2,(H,25,26). The highest BCUT2D eigenvalue weighted by Crippen LogP contribution is 2.30. The molecule has 4 rings (SSSR count). The molecule has 0 amide bonds. The Balaban J connectivity index is 1.75. The number of aromatic nitrogens is 2. The number of carbonyl (C=O) groups is 1. The summed E-state index contributed by atoms with van der Waals surface area (Å²) in [7, 11) is -4.32. The van der Waals surface area contributed by atoms with Crippen LogP contribution in [0.2, 0.25) is 5.02 Å². The van der Waals surface area contributed by atoms with Crippen LogP contribution in [0.5, 0.6) is 0 Å². The Labute approximate surface area is 179 Å². The monoisotopic (exact) mass is 467 g/mol. The molecular weight excluding hydrogens is 455 g/mol. The molecule has 0 saturated carbocycles. The van der Waals surface area contributed by atoms with E-state index in [1.54, 1.807) is 0 Å². The smallest absolute Gasteiger partial charge is 0.258 e. The molecule has 1 aromatic carbocycles. The predicted octanol–water partition coefficient (Wildman–Crippen LogP) is 5.00.